The molecule has 0 bridgehead atoms. The first-order valence-corrected chi connectivity index (χ1v) is 11.6. The number of amides is 1. The molecule has 0 aliphatic heterocycles. The third-order valence-corrected chi connectivity index (χ3v) is 6.92. The SMILES string of the molecule is COc1ccc(-c2cn3c(CC(=O)Nc4nc5ccc(C)cc5s4)csc3n2)cc1OC. The van der Waals surface area contributed by atoms with E-state index in [1.54, 1.807) is 14.2 Å². The summed E-state index contributed by atoms with van der Waals surface area (Å²) in [6.07, 6.45) is 2.17. The average molecular weight is 465 g/mol. The van der Waals surface area contributed by atoms with Crippen molar-refractivity contribution in [2.24, 2.45) is 0 Å². The number of aryl methyl sites for hydroxylation is 1. The van der Waals surface area contributed by atoms with Gasteiger partial charge in [0.05, 0.1) is 36.6 Å². The van der Waals surface area contributed by atoms with Crippen LogP contribution in [-0.4, -0.2) is 34.5 Å². The monoisotopic (exact) mass is 464 g/mol. The van der Waals surface area contributed by atoms with Crippen LogP contribution in [0.2, 0.25) is 0 Å². The molecule has 0 saturated carbocycles. The minimum atomic E-state index is -0.109. The Kier molecular flexibility index (Phi) is 5.28. The lowest BCUT2D eigenvalue weighted by Gasteiger charge is -2.08. The van der Waals surface area contributed by atoms with Crippen molar-refractivity contribution in [1.29, 1.82) is 0 Å². The van der Waals surface area contributed by atoms with Crippen molar-refractivity contribution in [3.05, 3.63) is 59.2 Å². The Morgan fingerprint density at radius 1 is 1.09 bits per heavy atom. The first-order valence-electron chi connectivity index (χ1n) is 9.89. The minimum Gasteiger partial charge on any atom is -0.493 e. The van der Waals surface area contributed by atoms with E-state index in [0.717, 1.165) is 32.1 Å². The molecule has 0 radical (unpaired) electrons. The number of thiazole rings is 2. The van der Waals surface area contributed by atoms with Crippen LogP contribution in [-0.2, 0) is 11.2 Å². The molecule has 0 spiro atoms. The van der Waals surface area contributed by atoms with E-state index in [1.807, 2.05) is 53.2 Å². The van der Waals surface area contributed by atoms with Crippen LogP contribution < -0.4 is 14.8 Å². The van der Waals surface area contributed by atoms with E-state index in [4.69, 9.17) is 14.5 Å². The highest BCUT2D eigenvalue weighted by Crippen LogP contribution is 2.33. The van der Waals surface area contributed by atoms with E-state index < -0.39 is 0 Å². The zero-order valence-corrected chi connectivity index (χ0v) is 19.3. The highest BCUT2D eigenvalue weighted by molar-refractivity contribution is 7.22. The quantitative estimate of drug-likeness (QED) is 0.375. The summed E-state index contributed by atoms with van der Waals surface area (Å²) in [5.74, 6) is 1.20. The number of hydrogen-bond acceptors (Lipinski definition) is 7. The molecule has 0 atom stereocenters. The highest BCUT2D eigenvalue weighted by atomic mass is 32.1. The van der Waals surface area contributed by atoms with Gasteiger partial charge in [0.2, 0.25) is 5.91 Å². The Morgan fingerprint density at radius 2 is 1.94 bits per heavy atom. The molecule has 0 unspecified atom stereocenters. The zero-order chi connectivity index (χ0) is 22.2. The predicted octanol–water partition coefficient (Wildman–Crippen LogP) is 5.18. The fourth-order valence-corrected chi connectivity index (χ4v) is 5.36. The standard InChI is InChI=1S/C23H20N4O3S2/c1-13-4-6-16-20(8-13)32-22(24-16)26-21(28)10-15-12-31-23-25-17(11-27(15)23)14-5-7-18(29-2)19(9-14)30-3/h4-9,11-12H,10H2,1-3H3,(H,24,26,28). The average Bonchev–Trinajstić information content (AvgIpc) is 3.48. The number of aromatic nitrogens is 3. The van der Waals surface area contributed by atoms with Crippen molar-refractivity contribution >= 4 is 48.9 Å². The number of nitrogens with zero attached hydrogens (tertiary/aromatic N) is 3. The third-order valence-electron chi connectivity index (χ3n) is 5.09. The van der Waals surface area contributed by atoms with E-state index in [9.17, 15) is 4.79 Å². The number of carbonyl (C=O) groups is 1. The van der Waals surface area contributed by atoms with Crippen molar-refractivity contribution in [3.63, 3.8) is 0 Å². The smallest absolute Gasteiger partial charge is 0.232 e. The number of hydrogen-bond donors (Lipinski definition) is 1. The molecule has 7 nitrogen and oxygen atoms in total. The molecule has 9 heteroatoms. The number of anilines is 1. The number of carbonyl (C=O) groups excluding carboxylic acids is 1. The molecule has 32 heavy (non-hydrogen) atoms. The Balaban J connectivity index is 1.36. The summed E-state index contributed by atoms with van der Waals surface area (Å²) in [4.78, 5) is 22.7. The van der Waals surface area contributed by atoms with Crippen molar-refractivity contribution in [2.75, 3.05) is 19.5 Å². The van der Waals surface area contributed by atoms with Crippen LogP contribution in [0, 0.1) is 6.92 Å². The molecule has 3 aromatic heterocycles. The summed E-state index contributed by atoms with van der Waals surface area (Å²) in [5, 5.41) is 5.50. The Hall–Kier alpha value is -3.43. The number of methoxy groups -OCH3 is 2. The summed E-state index contributed by atoms with van der Waals surface area (Å²) in [6, 6.07) is 11.8. The van der Waals surface area contributed by atoms with Gasteiger partial charge in [0, 0.05) is 22.8 Å². The molecule has 5 rings (SSSR count). The van der Waals surface area contributed by atoms with Crippen molar-refractivity contribution in [3.8, 4) is 22.8 Å². The fraction of sp³-hybridized carbons (Fsp3) is 0.174. The van der Waals surface area contributed by atoms with Crippen LogP contribution >= 0.6 is 22.7 Å². The molecule has 5 aromatic rings. The van der Waals surface area contributed by atoms with Crippen molar-refractivity contribution < 1.29 is 14.3 Å². The topological polar surface area (TPSA) is 77.8 Å². The van der Waals surface area contributed by atoms with Gasteiger partial charge in [0.25, 0.3) is 0 Å². The van der Waals surface area contributed by atoms with Crippen LogP contribution in [0.5, 0.6) is 11.5 Å². The van der Waals surface area contributed by atoms with E-state index in [0.29, 0.717) is 16.6 Å². The van der Waals surface area contributed by atoms with Gasteiger partial charge in [-0.3, -0.25) is 9.20 Å². The summed E-state index contributed by atoms with van der Waals surface area (Å²) >= 11 is 2.99. The molecule has 2 aromatic carbocycles. The minimum absolute atomic E-state index is 0.109. The second-order valence-electron chi connectivity index (χ2n) is 7.29. The number of ether oxygens (including phenoxy) is 2. The Morgan fingerprint density at radius 3 is 2.75 bits per heavy atom. The summed E-state index contributed by atoms with van der Waals surface area (Å²) in [5.41, 5.74) is 4.66. The van der Waals surface area contributed by atoms with Gasteiger partial charge in [-0.25, -0.2) is 9.97 Å². The van der Waals surface area contributed by atoms with Gasteiger partial charge >= 0.3 is 0 Å². The van der Waals surface area contributed by atoms with Gasteiger partial charge < -0.3 is 14.8 Å². The largest absolute Gasteiger partial charge is 0.493 e. The predicted molar refractivity (Wildman–Crippen MR) is 128 cm³/mol. The first kappa shape index (κ1) is 20.5. The van der Waals surface area contributed by atoms with Crippen LogP contribution in [0.4, 0.5) is 5.13 Å². The lowest BCUT2D eigenvalue weighted by molar-refractivity contribution is -0.115. The summed E-state index contributed by atoms with van der Waals surface area (Å²) < 4.78 is 13.7. The number of nitrogens with one attached hydrogen (secondary N) is 1. The fourth-order valence-electron chi connectivity index (χ4n) is 3.50. The summed E-state index contributed by atoms with van der Waals surface area (Å²) in [7, 11) is 3.22. The van der Waals surface area contributed by atoms with Crippen LogP contribution in [0.25, 0.3) is 26.4 Å². The first-order chi connectivity index (χ1) is 15.5. The second kappa shape index (κ2) is 8.25. The molecule has 0 aliphatic rings. The number of fused-ring (bicyclic) bond motifs is 2. The molecule has 0 fully saturated rings. The maximum Gasteiger partial charge on any atom is 0.232 e. The van der Waals surface area contributed by atoms with E-state index in [-0.39, 0.29) is 12.3 Å². The van der Waals surface area contributed by atoms with Gasteiger partial charge in [0.1, 0.15) is 0 Å². The molecule has 1 N–H and O–H groups in total. The van der Waals surface area contributed by atoms with Crippen LogP contribution in [0.3, 0.4) is 0 Å². The Labute approximate surface area is 192 Å². The maximum absolute atomic E-state index is 12.7. The molecule has 3 heterocycles. The molecule has 162 valence electrons. The molecule has 0 saturated heterocycles. The van der Waals surface area contributed by atoms with Gasteiger partial charge in [-0.2, -0.15) is 0 Å². The maximum atomic E-state index is 12.7. The van der Waals surface area contributed by atoms with Crippen LogP contribution in [0.1, 0.15) is 11.3 Å². The van der Waals surface area contributed by atoms with Gasteiger partial charge in [-0.05, 0) is 42.8 Å². The number of imidazole rings is 1. The van der Waals surface area contributed by atoms with Gasteiger partial charge in [-0.1, -0.05) is 17.4 Å². The van der Waals surface area contributed by atoms with E-state index >= 15 is 0 Å². The summed E-state index contributed by atoms with van der Waals surface area (Å²) in [6.45, 7) is 2.04. The molecule has 0 aliphatic carbocycles. The second-order valence-corrected chi connectivity index (χ2v) is 9.16. The van der Waals surface area contributed by atoms with Gasteiger partial charge in [0.15, 0.2) is 21.6 Å². The third kappa shape index (κ3) is 3.80. The Bertz CT molecular complexity index is 1450. The van der Waals surface area contributed by atoms with Crippen molar-refractivity contribution in [1.82, 2.24) is 14.4 Å². The van der Waals surface area contributed by atoms with Crippen LogP contribution in [0.15, 0.2) is 48.0 Å². The number of rotatable bonds is 6. The normalized spacial score (nSPS) is 11.2. The van der Waals surface area contributed by atoms with Crippen molar-refractivity contribution in [2.45, 2.75) is 13.3 Å². The molecular weight excluding hydrogens is 444 g/mol. The number of benzene rings is 2. The molecule has 1 amide bonds. The highest BCUT2D eigenvalue weighted by Gasteiger charge is 2.15. The zero-order valence-electron chi connectivity index (χ0n) is 17.7. The van der Waals surface area contributed by atoms with Gasteiger partial charge in [-0.15, -0.1) is 11.3 Å². The molecular formula is C23H20N4O3S2. The lowest BCUT2D eigenvalue weighted by atomic mass is 10.1. The lowest BCUT2D eigenvalue weighted by Crippen LogP contribution is -2.15. The van der Waals surface area contributed by atoms with E-state index in [2.05, 4.69) is 16.4 Å². The van der Waals surface area contributed by atoms with E-state index in [1.165, 1.54) is 28.2 Å².